The minimum absolute atomic E-state index is 0.0112. The van der Waals surface area contributed by atoms with Crippen molar-refractivity contribution in [3.63, 3.8) is 0 Å². The van der Waals surface area contributed by atoms with E-state index in [-0.39, 0.29) is 37.2 Å². The highest BCUT2D eigenvalue weighted by atomic mass is 32.2. The summed E-state index contributed by atoms with van der Waals surface area (Å²) in [7, 11) is -4.42. The molecule has 0 spiro atoms. The van der Waals surface area contributed by atoms with Gasteiger partial charge in [0.15, 0.2) is 6.61 Å². The number of esters is 1. The van der Waals surface area contributed by atoms with Gasteiger partial charge in [0.25, 0.3) is 0 Å². The first kappa shape index (κ1) is 24.4. The van der Waals surface area contributed by atoms with Gasteiger partial charge in [-0.1, -0.05) is 12.1 Å². The Bertz CT molecular complexity index is 1030. The number of carbonyl (C=O) groups excluding carboxylic acids is 2. The monoisotopic (exact) mass is 459 g/mol. The van der Waals surface area contributed by atoms with Crippen LogP contribution in [0.4, 0.5) is 13.2 Å². The zero-order valence-corrected chi connectivity index (χ0v) is 17.3. The lowest BCUT2D eigenvalue weighted by Gasteiger charge is -2.30. The van der Waals surface area contributed by atoms with Crippen molar-refractivity contribution in [1.82, 2.24) is 4.31 Å². The molecule has 1 aromatic carbocycles. The summed E-state index contributed by atoms with van der Waals surface area (Å²) in [6, 6.07) is 5.51. The summed E-state index contributed by atoms with van der Waals surface area (Å²) in [4.78, 5) is 23.2. The van der Waals surface area contributed by atoms with Crippen LogP contribution >= 0.6 is 0 Å². The van der Waals surface area contributed by atoms with Crippen LogP contribution in [0.25, 0.3) is 0 Å². The van der Waals surface area contributed by atoms with Gasteiger partial charge in [-0.15, -0.1) is 0 Å². The zero-order chi connectivity index (χ0) is 23.4. The van der Waals surface area contributed by atoms with Gasteiger partial charge in [-0.3, -0.25) is 9.59 Å². The van der Waals surface area contributed by atoms with Gasteiger partial charge in [0, 0.05) is 18.8 Å². The Balaban J connectivity index is 2.03. The van der Waals surface area contributed by atoms with E-state index in [1.807, 2.05) is 0 Å². The number of alkyl halides is 3. The first-order valence-corrected chi connectivity index (χ1v) is 10.6. The number of hydrogen-bond acceptors (Lipinski definition) is 7. The Hall–Kier alpha value is -2.91. The average molecular weight is 459 g/mol. The minimum Gasteiger partial charge on any atom is -0.457 e. The molecule has 1 aliphatic heterocycles. The minimum atomic E-state index is -4.84. The molecule has 0 atom stereocenters. The number of allylic oxidation sites excluding steroid dienone is 1. The average Bonchev–Trinajstić information content (AvgIpc) is 2.71. The number of sulfonamides is 1. The Morgan fingerprint density at radius 3 is 2.35 bits per heavy atom. The van der Waals surface area contributed by atoms with Gasteiger partial charge < -0.3 is 10.5 Å². The lowest BCUT2D eigenvalue weighted by atomic mass is 9.98. The number of benzene rings is 1. The number of ketones is 1. The van der Waals surface area contributed by atoms with Crippen LogP contribution in [0.2, 0.25) is 0 Å². The van der Waals surface area contributed by atoms with E-state index in [0.717, 1.165) is 16.4 Å². The third kappa shape index (κ3) is 5.62. The number of ether oxygens (including phenoxy) is 1. The molecule has 2 N–H and O–H groups in total. The first-order chi connectivity index (χ1) is 14.4. The van der Waals surface area contributed by atoms with Crippen molar-refractivity contribution in [2.45, 2.75) is 30.8 Å². The Morgan fingerprint density at radius 2 is 1.84 bits per heavy atom. The molecule has 8 nitrogen and oxygen atoms in total. The predicted molar refractivity (Wildman–Crippen MR) is 101 cm³/mol. The standard InChI is InChI=1S/C19H20F3N3O5S/c1-12(24)14(10-23)16(26)11-30-18(27)13-6-8-25(9-7-13)31(28,29)17-5-3-2-4-15(17)19(20,21)22/h2-5,13H,6-9,11,24H2,1H3/b14-12-. The van der Waals surface area contributed by atoms with Crippen molar-refractivity contribution in [2.24, 2.45) is 11.7 Å². The maximum atomic E-state index is 13.2. The van der Waals surface area contributed by atoms with Crippen molar-refractivity contribution in [2.75, 3.05) is 19.7 Å². The van der Waals surface area contributed by atoms with Gasteiger partial charge in [0.1, 0.15) is 11.6 Å². The number of nitrogens with two attached hydrogens (primary N) is 1. The Morgan fingerprint density at radius 1 is 1.26 bits per heavy atom. The van der Waals surface area contributed by atoms with Crippen LogP contribution in [0, 0.1) is 17.2 Å². The quantitative estimate of drug-likeness (QED) is 0.391. The summed E-state index contributed by atoms with van der Waals surface area (Å²) in [6.45, 7) is 0.292. The Kier molecular flexibility index (Phi) is 7.45. The molecule has 1 fully saturated rings. The summed E-state index contributed by atoms with van der Waals surface area (Å²) >= 11 is 0. The van der Waals surface area contributed by atoms with E-state index in [0.29, 0.717) is 6.07 Å². The number of rotatable bonds is 6. The summed E-state index contributed by atoms with van der Waals surface area (Å²) in [6.07, 6.45) is -4.81. The molecule has 1 heterocycles. The van der Waals surface area contributed by atoms with E-state index < -0.39 is 50.9 Å². The van der Waals surface area contributed by atoms with Crippen molar-refractivity contribution in [3.05, 3.63) is 41.1 Å². The fourth-order valence-corrected chi connectivity index (χ4v) is 4.78. The van der Waals surface area contributed by atoms with E-state index in [2.05, 4.69) is 0 Å². The van der Waals surface area contributed by atoms with Crippen LogP contribution in [0.5, 0.6) is 0 Å². The maximum Gasteiger partial charge on any atom is 0.417 e. The zero-order valence-electron chi connectivity index (χ0n) is 16.5. The van der Waals surface area contributed by atoms with Crippen molar-refractivity contribution >= 4 is 21.8 Å². The summed E-state index contributed by atoms with van der Waals surface area (Å²) < 4.78 is 70.8. The number of carbonyl (C=O) groups is 2. The highest BCUT2D eigenvalue weighted by Gasteiger charge is 2.40. The number of nitriles is 1. The van der Waals surface area contributed by atoms with Crippen LogP contribution in [-0.4, -0.2) is 44.2 Å². The van der Waals surface area contributed by atoms with E-state index in [1.54, 1.807) is 6.07 Å². The molecule has 1 saturated heterocycles. The van der Waals surface area contributed by atoms with Crippen molar-refractivity contribution < 1.29 is 35.9 Å². The molecule has 31 heavy (non-hydrogen) atoms. The second kappa shape index (κ2) is 9.49. The lowest BCUT2D eigenvalue weighted by Crippen LogP contribution is -2.41. The SMILES string of the molecule is C/C(N)=C(\C#N)C(=O)COC(=O)C1CCN(S(=O)(=O)c2ccccc2C(F)(F)F)CC1. The number of piperidine rings is 1. The molecule has 2 rings (SSSR count). The topological polar surface area (TPSA) is 131 Å². The fourth-order valence-electron chi connectivity index (χ4n) is 3.09. The molecule has 0 aromatic heterocycles. The van der Waals surface area contributed by atoms with Gasteiger partial charge >= 0.3 is 12.1 Å². The van der Waals surface area contributed by atoms with Crippen LogP contribution < -0.4 is 5.73 Å². The van der Waals surface area contributed by atoms with Crippen molar-refractivity contribution in [3.8, 4) is 6.07 Å². The molecular formula is C19H20F3N3O5S. The molecule has 1 aliphatic rings. The highest BCUT2D eigenvalue weighted by molar-refractivity contribution is 7.89. The largest absolute Gasteiger partial charge is 0.457 e. The third-order valence-corrected chi connectivity index (χ3v) is 6.68. The predicted octanol–water partition coefficient (Wildman–Crippen LogP) is 1.97. The van der Waals surface area contributed by atoms with Crippen LogP contribution in [0.3, 0.4) is 0 Å². The second-order valence-electron chi connectivity index (χ2n) is 6.87. The summed E-state index contributed by atoms with van der Waals surface area (Å²) in [5.74, 6) is -2.25. The molecular weight excluding hydrogens is 439 g/mol. The Labute approximate surface area is 177 Å². The van der Waals surface area contributed by atoms with Crippen LogP contribution in [0.1, 0.15) is 25.3 Å². The highest BCUT2D eigenvalue weighted by Crippen LogP contribution is 2.36. The van der Waals surface area contributed by atoms with E-state index in [1.165, 1.54) is 13.0 Å². The number of nitrogens with zero attached hydrogens (tertiary/aromatic N) is 2. The first-order valence-electron chi connectivity index (χ1n) is 9.12. The van der Waals surface area contributed by atoms with Crippen LogP contribution in [0.15, 0.2) is 40.4 Å². The molecule has 0 bridgehead atoms. The fraction of sp³-hybridized carbons (Fsp3) is 0.421. The van der Waals surface area contributed by atoms with Crippen LogP contribution in [-0.2, 0) is 30.5 Å². The molecule has 0 amide bonds. The van der Waals surface area contributed by atoms with Gasteiger partial charge in [0.05, 0.1) is 16.4 Å². The third-order valence-electron chi connectivity index (χ3n) is 4.73. The molecule has 0 radical (unpaired) electrons. The smallest absolute Gasteiger partial charge is 0.417 e. The molecule has 0 saturated carbocycles. The maximum absolute atomic E-state index is 13.2. The van der Waals surface area contributed by atoms with Crippen molar-refractivity contribution in [1.29, 1.82) is 5.26 Å². The van der Waals surface area contributed by atoms with E-state index >= 15 is 0 Å². The second-order valence-corrected chi connectivity index (χ2v) is 8.78. The summed E-state index contributed by atoms with van der Waals surface area (Å²) in [5, 5.41) is 8.87. The molecule has 168 valence electrons. The number of hydrogen-bond donors (Lipinski definition) is 1. The lowest BCUT2D eigenvalue weighted by molar-refractivity contribution is -0.152. The van der Waals surface area contributed by atoms with Gasteiger partial charge in [-0.2, -0.15) is 22.7 Å². The van der Waals surface area contributed by atoms with Gasteiger partial charge in [-0.05, 0) is 31.9 Å². The normalized spacial score (nSPS) is 16.9. The number of Topliss-reactive ketones (excluding diaryl/α,β-unsaturated/α-hetero) is 1. The van der Waals surface area contributed by atoms with Gasteiger partial charge in [0.2, 0.25) is 15.8 Å². The molecule has 12 heteroatoms. The van der Waals surface area contributed by atoms with E-state index in [4.69, 9.17) is 15.7 Å². The molecule has 1 aromatic rings. The summed E-state index contributed by atoms with van der Waals surface area (Å²) in [5.41, 5.74) is 3.81. The van der Waals surface area contributed by atoms with E-state index in [9.17, 15) is 31.2 Å². The van der Waals surface area contributed by atoms with Gasteiger partial charge in [-0.25, -0.2) is 8.42 Å². The number of halogens is 3. The molecule has 0 aliphatic carbocycles. The molecule has 0 unspecified atom stereocenters.